The van der Waals surface area contributed by atoms with Gasteiger partial charge in [0.1, 0.15) is 17.1 Å². The van der Waals surface area contributed by atoms with Gasteiger partial charge < -0.3 is 14.4 Å². The maximum Gasteiger partial charge on any atom is 0.274 e. The van der Waals surface area contributed by atoms with Gasteiger partial charge in [0, 0.05) is 12.3 Å². The number of ether oxygens (including phenoxy) is 2. The molecule has 2 aliphatic rings. The number of amides is 1. The number of aromatic amines is 1. The standard InChI is InChI=1S/C20H24FN3O3/c1-14-7-18(23-22-14)19(25)24-12-20(13-24)9-16(11-27-20)5-6-26-10-15-3-2-4-17(21)8-15/h2-4,7-8,16H,5-6,9-13H2,1H3,(H,22,23). The molecule has 1 amide bonds. The van der Waals surface area contributed by atoms with Gasteiger partial charge in [-0.05, 0) is 49.4 Å². The lowest BCUT2D eigenvalue weighted by atomic mass is 9.86. The minimum absolute atomic E-state index is 0.0459. The van der Waals surface area contributed by atoms with Crippen LogP contribution in [0.3, 0.4) is 0 Å². The Kier molecular flexibility index (Phi) is 4.97. The molecule has 1 atom stereocenters. The predicted octanol–water partition coefficient (Wildman–Crippen LogP) is 2.70. The Hall–Kier alpha value is -2.25. The van der Waals surface area contributed by atoms with E-state index in [1.165, 1.54) is 12.1 Å². The van der Waals surface area contributed by atoms with Crippen molar-refractivity contribution in [1.82, 2.24) is 15.1 Å². The Morgan fingerprint density at radius 2 is 2.30 bits per heavy atom. The number of hydrogen-bond donors (Lipinski definition) is 1. The number of hydrogen-bond acceptors (Lipinski definition) is 4. The van der Waals surface area contributed by atoms with Crippen molar-refractivity contribution in [3.8, 4) is 0 Å². The van der Waals surface area contributed by atoms with Crippen molar-refractivity contribution in [2.45, 2.75) is 32.0 Å². The average molecular weight is 373 g/mol. The van der Waals surface area contributed by atoms with Crippen LogP contribution < -0.4 is 0 Å². The molecular weight excluding hydrogens is 349 g/mol. The number of rotatable bonds is 6. The highest BCUT2D eigenvalue weighted by atomic mass is 19.1. The largest absolute Gasteiger partial charge is 0.377 e. The Balaban J connectivity index is 1.18. The molecule has 2 aliphatic heterocycles. The van der Waals surface area contributed by atoms with Crippen molar-refractivity contribution < 1.29 is 18.7 Å². The Labute approximate surface area is 157 Å². The molecule has 6 nitrogen and oxygen atoms in total. The third-order valence-electron chi connectivity index (χ3n) is 5.28. The molecule has 0 radical (unpaired) electrons. The number of nitrogens with one attached hydrogen (secondary N) is 1. The van der Waals surface area contributed by atoms with Crippen molar-refractivity contribution in [2.75, 3.05) is 26.3 Å². The summed E-state index contributed by atoms with van der Waals surface area (Å²) in [6.07, 6.45) is 1.85. The summed E-state index contributed by atoms with van der Waals surface area (Å²) in [4.78, 5) is 14.2. The van der Waals surface area contributed by atoms with Crippen molar-refractivity contribution in [1.29, 1.82) is 0 Å². The van der Waals surface area contributed by atoms with Crippen LogP contribution >= 0.6 is 0 Å². The lowest BCUT2D eigenvalue weighted by Gasteiger charge is -2.46. The Morgan fingerprint density at radius 1 is 1.44 bits per heavy atom. The van der Waals surface area contributed by atoms with Crippen LogP contribution in [0.5, 0.6) is 0 Å². The van der Waals surface area contributed by atoms with Gasteiger partial charge in [-0.1, -0.05) is 12.1 Å². The molecule has 7 heteroatoms. The molecule has 1 spiro atoms. The SMILES string of the molecule is Cc1cc(C(=O)N2CC3(CC(CCOCc4cccc(F)c4)CO3)C2)n[nH]1. The quantitative estimate of drug-likeness (QED) is 0.791. The summed E-state index contributed by atoms with van der Waals surface area (Å²) in [5, 5.41) is 6.83. The van der Waals surface area contributed by atoms with E-state index in [1.807, 2.05) is 13.0 Å². The van der Waals surface area contributed by atoms with Gasteiger partial charge in [-0.2, -0.15) is 5.10 Å². The van der Waals surface area contributed by atoms with E-state index >= 15 is 0 Å². The molecule has 2 fully saturated rings. The number of aromatic nitrogens is 2. The monoisotopic (exact) mass is 373 g/mol. The van der Waals surface area contributed by atoms with Gasteiger partial charge in [0.15, 0.2) is 0 Å². The highest BCUT2D eigenvalue weighted by Crippen LogP contribution is 2.39. The fourth-order valence-corrected chi connectivity index (χ4v) is 3.89. The molecule has 0 aliphatic carbocycles. The molecule has 1 aromatic heterocycles. The summed E-state index contributed by atoms with van der Waals surface area (Å²) >= 11 is 0. The first kappa shape index (κ1) is 18.1. The second kappa shape index (κ2) is 7.40. The van der Waals surface area contributed by atoms with Crippen LogP contribution in [0.2, 0.25) is 0 Å². The second-order valence-electron chi connectivity index (χ2n) is 7.63. The molecule has 0 saturated carbocycles. The van der Waals surface area contributed by atoms with Crippen LogP contribution in [-0.2, 0) is 16.1 Å². The minimum atomic E-state index is -0.240. The number of aryl methyl sites for hydroxylation is 1. The van der Waals surface area contributed by atoms with E-state index in [2.05, 4.69) is 10.2 Å². The number of H-pyrrole nitrogens is 1. The molecule has 27 heavy (non-hydrogen) atoms. The fourth-order valence-electron chi connectivity index (χ4n) is 3.89. The van der Waals surface area contributed by atoms with Gasteiger partial charge in [-0.3, -0.25) is 9.89 Å². The van der Waals surface area contributed by atoms with Crippen molar-refractivity contribution in [3.63, 3.8) is 0 Å². The van der Waals surface area contributed by atoms with Gasteiger partial charge >= 0.3 is 0 Å². The molecule has 1 aromatic carbocycles. The third-order valence-corrected chi connectivity index (χ3v) is 5.28. The smallest absolute Gasteiger partial charge is 0.274 e. The average Bonchev–Trinajstić information content (AvgIpc) is 3.24. The van der Waals surface area contributed by atoms with Crippen LogP contribution in [0.25, 0.3) is 0 Å². The van der Waals surface area contributed by atoms with Crippen LogP contribution in [0.1, 0.15) is 34.6 Å². The predicted molar refractivity (Wildman–Crippen MR) is 96.7 cm³/mol. The van der Waals surface area contributed by atoms with E-state index in [1.54, 1.807) is 17.0 Å². The highest BCUT2D eigenvalue weighted by molar-refractivity contribution is 5.93. The molecule has 0 bridgehead atoms. The number of carbonyl (C=O) groups excluding carboxylic acids is 1. The first-order chi connectivity index (χ1) is 13.0. The van der Waals surface area contributed by atoms with Crippen LogP contribution in [-0.4, -0.2) is 52.9 Å². The zero-order chi connectivity index (χ0) is 18.9. The van der Waals surface area contributed by atoms with E-state index in [-0.39, 0.29) is 17.3 Å². The molecule has 144 valence electrons. The fraction of sp³-hybridized carbons (Fsp3) is 0.500. The second-order valence-corrected chi connectivity index (χ2v) is 7.63. The Morgan fingerprint density at radius 3 is 3.04 bits per heavy atom. The normalized spacial score (nSPS) is 20.8. The highest BCUT2D eigenvalue weighted by Gasteiger charge is 2.51. The first-order valence-electron chi connectivity index (χ1n) is 9.30. The summed E-state index contributed by atoms with van der Waals surface area (Å²) in [5.74, 6) is 0.147. The van der Waals surface area contributed by atoms with E-state index in [4.69, 9.17) is 9.47 Å². The van der Waals surface area contributed by atoms with Crippen molar-refractivity contribution >= 4 is 5.91 Å². The van der Waals surface area contributed by atoms with Crippen molar-refractivity contribution in [2.24, 2.45) is 5.92 Å². The molecule has 4 rings (SSSR count). The molecule has 3 heterocycles. The number of nitrogens with zero attached hydrogens (tertiary/aromatic N) is 2. The number of carbonyl (C=O) groups is 1. The summed E-state index contributed by atoms with van der Waals surface area (Å²) in [6, 6.07) is 8.24. The van der Waals surface area contributed by atoms with Crippen LogP contribution in [0.15, 0.2) is 30.3 Å². The molecular formula is C20H24FN3O3. The first-order valence-corrected chi connectivity index (χ1v) is 9.30. The summed E-state index contributed by atoms with van der Waals surface area (Å²) in [7, 11) is 0. The molecule has 1 unspecified atom stereocenters. The number of halogens is 1. The molecule has 2 aromatic rings. The Bertz CT molecular complexity index is 816. The third kappa shape index (κ3) is 4.04. The maximum absolute atomic E-state index is 13.1. The minimum Gasteiger partial charge on any atom is -0.377 e. The zero-order valence-corrected chi connectivity index (χ0v) is 15.4. The van der Waals surface area contributed by atoms with Gasteiger partial charge in [0.2, 0.25) is 0 Å². The van der Waals surface area contributed by atoms with E-state index in [9.17, 15) is 9.18 Å². The summed E-state index contributed by atoms with van der Waals surface area (Å²) in [5.41, 5.74) is 1.98. The van der Waals surface area contributed by atoms with Crippen molar-refractivity contribution in [3.05, 3.63) is 53.1 Å². The maximum atomic E-state index is 13.1. The van der Waals surface area contributed by atoms with Gasteiger partial charge in [-0.25, -0.2) is 4.39 Å². The van der Waals surface area contributed by atoms with Crippen LogP contribution in [0, 0.1) is 18.7 Å². The van der Waals surface area contributed by atoms with E-state index < -0.39 is 0 Å². The van der Waals surface area contributed by atoms with Crippen LogP contribution in [0.4, 0.5) is 4.39 Å². The van der Waals surface area contributed by atoms with Gasteiger partial charge in [0.05, 0.1) is 26.3 Å². The van der Waals surface area contributed by atoms with E-state index in [0.29, 0.717) is 44.5 Å². The number of likely N-dealkylation sites (tertiary alicyclic amines) is 1. The summed E-state index contributed by atoms with van der Waals surface area (Å²) < 4.78 is 24.8. The molecule has 2 saturated heterocycles. The van der Waals surface area contributed by atoms with Gasteiger partial charge in [0.25, 0.3) is 5.91 Å². The lowest BCUT2D eigenvalue weighted by molar-refractivity contribution is -0.0952. The number of benzene rings is 1. The lowest BCUT2D eigenvalue weighted by Crippen LogP contribution is -2.63. The van der Waals surface area contributed by atoms with E-state index in [0.717, 1.165) is 24.1 Å². The van der Waals surface area contributed by atoms with Gasteiger partial charge in [-0.15, -0.1) is 0 Å². The summed E-state index contributed by atoms with van der Waals surface area (Å²) in [6.45, 7) is 4.86. The topological polar surface area (TPSA) is 67.5 Å². The molecule has 1 N–H and O–H groups in total. The zero-order valence-electron chi connectivity index (χ0n) is 15.4.